The van der Waals surface area contributed by atoms with Crippen LogP contribution in [0.2, 0.25) is 0 Å². The molecule has 1 aliphatic rings. The number of carboxylic acids is 1. The van der Waals surface area contributed by atoms with Crippen molar-refractivity contribution in [2.24, 2.45) is 0 Å². The third-order valence-electron chi connectivity index (χ3n) is 3.70. The van der Waals surface area contributed by atoms with Gasteiger partial charge >= 0.3 is 5.97 Å². The molecule has 0 radical (unpaired) electrons. The average molecular weight is 305 g/mol. The van der Waals surface area contributed by atoms with Gasteiger partial charge in [0.25, 0.3) is 0 Å². The molecule has 1 saturated heterocycles. The van der Waals surface area contributed by atoms with Gasteiger partial charge in [-0.15, -0.1) is 0 Å². The molecule has 1 fully saturated rings. The molecule has 22 heavy (non-hydrogen) atoms. The van der Waals surface area contributed by atoms with E-state index in [9.17, 15) is 9.18 Å². The van der Waals surface area contributed by atoms with Crippen LogP contribution < -0.4 is 4.90 Å². The highest BCUT2D eigenvalue weighted by Crippen LogP contribution is 2.18. The molecule has 7 heteroatoms. The number of aromatic nitrogens is 1. The number of hydrogen-bond donors (Lipinski definition) is 1. The van der Waals surface area contributed by atoms with E-state index in [0.717, 1.165) is 31.9 Å². The second-order valence-electron chi connectivity index (χ2n) is 5.23. The molecular formula is C15H16FN3O3. The Balaban J connectivity index is 1.56. The minimum atomic E-state index is -1.09. The standard InChI is InChI=1S/C15H16FN3O3/c16-11-2-1-3-12(8-11)19-6-4-18(5-7-19)10-13-9-14(15(20)21)17-22-13/h1-3,8-9H,4-7,10H2,(H,20,21). The van der Waals surface area contributed by atoms with Gasteiger partial charge in [-0.25, -0.2) is 9.18 Å². The lowest BCUT2D eigenvalue weighted by atomic mass is 10.2. The molecule has 0 atom stereocenters. The number of carboxylic acid groups (broad SMARTS) is 1. The topological polar surface area (TPSA) is 69.8 Å². The molecule has 0 amide bonds. The molecule has 116 valence electrons. The molecule has 0 bridgehead atoms. The van der Waals surface area contributed by atoms with E-state index < -0.39 is 5.97 Å². The Bertz CT molecular complexity index is 666. The van der Waals surface area contributed by atoms with Crippen LogP contribution in [0.1, 0.15) is 16.2 Å². The second-order valence-corrected chi connectivity index (χ2v) is 5.23. The summed E-state index contributed by atoms with van der Waals surface area (Å²) in [6.45, 7) is 3.67. The van der Waals surface area contributed by atoms with E-state index in [1.54, 1.807) is 6.07 Å². The summed E-state index contributed by atoms with van der Waals surface area (Å²) in [4.78, 5) is 15.0. The van der Waals surface area contributed by atoms with Gasteiger partial charge in [-0.1, -0.05) is 11.2 Å². The normalized spacial score (nSPS) is 16.0. The van der Waals surface area contributed by atoms with Crippen LogP contribution in [0.15, 0.2) is 34.9 Å². The zero-order valence-corrected chi connectivity index (χ0v) is 11.9. The van der Waals surface area contributed by atoms with Crippen LogP contribution in [0.4, 0.5) is 10.1 Å². The maximum atomic E-state index is 13.2. The van der Waals surface area contributed by atoms with E-state index in [1.165, 1.54) is 18.2 Å². The Hall–Kier alpha value is -2.41. The Morgan fingerprint density at radius 1 is 1.27 bits per heavy atom. The highest BCUT2D eigenvalue weighted by Gasteiger charge is 2.20. The van der Waals surface area contributed by atoms with E-state index in [1.807, 2.05) is 6.07 Å². The zero-order valence-electron chi connectivity index (χ0n) is 11.9. The predicted octanol–water partition coefficient (Wildman–Crippen LogP) is 1.83. The van der Waals surface area contributed by atoms with E-state index >= 15 is 0 Å². The summed E-state index contributed by atoms with van der Waals surface area (Å²) in [5, 5.41) is 12.3. The predicted molar refractivity (Wildman–Crippen MR) is 77.4 cm³/mol. The van der Waals surface area contributed by atoms with Gasteiger partial charge in [-0.3, -0.25) is 4.90 Å². The highest BCUT2D eigenvalue weighted by molar-refractivity contribution is 5.85. The molecule has 1 N–H and O–H groups in total. The van der Waals surface area contributed by atoms with Gasteiger partial charge in [0.2, 0.25) is 0 Å². The maximum Gasteiger partial charge on any atom is 0.358 e. The van der Waals surface area contributed by atoms with Crippen LogP contribution in [0, 0.1) is 5.82 Å². The van der Waals surface area contributed by atoms with Crippen LogP contribution in [0.5, 0.6) is 0 Å². The van der Waals surface area contributed by atoms with Gasteiger partial charge in [0.05, 0.1) is 6.54 Å². The summed E-state index contributed by atoms with van der Waals surface area (Å²) in [6, 6.07) is 8.02. The Morgan fingerprint density at radius 2 is 2.05 bits per heavy atom. The molecule has 1 aliphatic heterocycles. The first-order chi connectivity index (χ1) is 10.6. The smallest absolute Gasteiger partial charge is 0.358 e. The summed E-state index contributed by atoms with van der Waals surface area (Å²) in [5.41, 5.74) is 0.806. The van der Waals surface area contributed by atoms with Crippen LogP contribution in [0.3, 0.4) is 0 Å². The fraction of sp³-hybridized carbons (Fsp3) is 0.333. The van der Waals surface area contributed by atoms with Gasteiger partial charge in [-0.2, -0.15) is 0 Å². The third-order valence-corrected chi connectivity index (χ3v) is 3.70. The lowest BCUT2D eigenvalue weighted by Crippen LogP contribution is -2.45. The molecule has 2 heterocycles. The van der Waals surface area contributed by atoms with Gasteiger partial charge in [0.1, 0.15) is 5.82 Å². The van der Waals surface area contributed by atoms with E-state index in [-0.39, 0.29) is 11.5 Å². The van der Waals surface area contributed by atoms with Crippen molar-refractivity contribution in [3.63, 3.8) is 0 Å². The number of carbonyl (C=O) groups is 1. The van der Waals surface area contributed by atoms with Crippen molar-refractivity contribution in [3.05, 3.63) is 47.6 Å². The largest absolute Gasteiger partial charge is 0.476 e. The molecule has 6 nitrogen and oxygen atoms in total. The van der Waals surface area contributed by atoms with Crippen molar-refractivity contribution in [2.45, 2.75) is 6.54 Å². The summed E-state index contributed by atoms with van der Waals surface area (Å²) in [6.07, 6.45) is 0. The van der Waals surface area contributed by atoms with Crippen LogP contribution in [-0.4, -0.2) is 47.3 Å². The van der Waals surface area contributed by atoms with Crippen molar-refractivity contribution in [1.82, 2.24) is 10.1 Å². The van der Waals surface area contributed by atoms with Crippen molar-refractivity contribution in [1.29, 1.82) is 0 Å². The first-order valence-electron chi connectivity index (χ1n) is 7.03. The quantitative estimate of drug-likeness (QED) is 0.929. The molecular weight excluding hydrogens is 289 g/mol. The zero-order chi connectivity index (χ0) is 15.5. The fourth-order valence-electron chi connectivity index (χ4n) is 2.55. The third kappa shape index (κ3) is 3.25. The fourth-order valence-corrected chi connectivity index (χ4v) is 2.55. The van der Waals surface area contributed by atoms with E-state index in [2.05, 4.69) is 15.0 Å². The number of anilines is 1. The lowest BCUT2D eigenvalue weighted by Gasteiger charge is -2.35. The summed E-state index contributed by atoms with van der Waals surface area (Å²) < 4.78 is 18.3. The monoisotopic (exact) mass is 305 g/mol. The molecule has 1 aromatic heterocycles. The summed E-state index contributed by atoms with van der Waals surface area (Å²) in [7, 11) is 0. The number of aromatic carboxylic acids is 1. The number of benzene rings is 1. The number of piperazine rings is 1. The number of halogens is 1. The Kier molecular flexibility index (Phi) is 4.06. The first kappa shape index (κ1) is 14.5. The second kappa shape index (κ2) is 6.15. The van der Waals surface area contributed by atoms with E-state index in [4.69, 9.17) is 9.63 Å². The van der Waals surface area contributed by atoms with Gasteiger partial charge in [0, 0.05) is 37.9 Å². The molecule has 1 aromatic carbocycles. The first-order valence-corrected chi connectivity index (χ1v) is 7.03. The van der Waals surface area contributed by atoms with Gasteiger partial charge in [-0.05, 0) is 18.2 Å². The van der Waals surface area contributed by atoms with Crippen molar-refractivity contribution in [2.75, 3.05) is 31.1 Å². The van der Waals surface area contributed by atoms with Crippen molar-refractivity contribution >= 4 is 11.7 Å². The van der Waals surface area contributed by atoms with Crippen molar-refractivity contribution < 1.29 is 18.8 Å². The van der Waals surface area contributed by atoms with Crippen molar-refractivity contribution in [3.8, 4) is 0 Å². The molecule has 2 aromatic rings. The highest BCUT2D eigenvalue weighted by atomic mass is 19.1. The summed E-state index contributed by atoms with van der Waals surface area (Å²) in [5.74, 6) is -0.787. The average Bonchev–Trinajstić information content (AvgIpc) is 2.97. The molecule has 0 saturated carbocycles. The molecule has 3 rings (SSSR count). The SMILES string of the molecule is O=C(O)c1cc(CN2CCN(c3cccc(F)c3)CC2)on1. The van der Waals surface area contributed by atoms with Gasteiger partial charge in [0.15, 0.2) is 11.5 Å². The van der Waals surface area contributed by atoms with Crippen LogP contribution >= 0.6 is 0 Å². The van der Waals surface area contributed by atoms with Gasteiger partial charge < -0.3 is 14.5 Å². The maximum absolute atomic E-state index is 13.2. The number of nitrogens with zero attached hydrogens (tertiary/aromatic N) is 3. The minimum Gasteiger partial charge on any atom is -0.476 e. The number of rotatable bonds is 4. The Labute approximate surface area is 126 Å². The Morgan fingerprint density at radius 3 is 2.68 bits per heavy atom. The molecule has 0 aliphatic carbocycles. The molecule has 0 unspecified atom stereocenters. The molecule has 0 spiro atoms. The van der Waals surface area contributed by atoms with Crippen LogP contribution in [-0.2, 0) is 6.54 Å². The minimum absolute atomic E-state index is 0.0756. The van der Waals surface area contributed by atoms with Crippen LogP contribution in [0.25, 0.3) is 0 Å². The van der Waals surface area contributed by atoms with E-state index in [0.29, 0.717) is 12.3 Å². The number of hydrogen-bond acceptors (Lipinski definition) is 5. The summed E-state index contributed by atoms with van der Waals surface area (Å²) >= 11 is 0. The lowest BCUT2D eigenvalue weighted by molar-refractivity contribution is 0.0685.